The highest BCUT2D eigenvalue weighted by molar-refractivity contribution is 5.85. The van der Waals surface area contributed by atoms with E-state index in [0.717, 1.165) is 18.4 Å². The van der Waals surface area contributed by atoms with Gasteiger partial charge in [-0.15, -0.1) is 0 Å². The van der Waals surface area contributed by atoms with Gasteiger partial charge in [0.25, 0.3) is 0 Å². The van der Waals surface area contributed by atoms with Crippen LogP contribution in [0.2, 0.25) is 0 Å². The zero-order valence-corrected chi connectivity index (χ0v) is 14.0. The number of nitrogens with zero attached hydrogens (tertiary/aromatic N) is 1. The molecule has 1 aromatic carbocycles. The minimum Gasteiger partial charge on any atom is -0.464 e. The number of esters is 1. The third kappa shape index (κ3) is 4.24. The number of hydrogen-bond acceptors (Lipinski definition) is 4. The summed E-state index contributed by atoms with van der Waals surface area (Å²) in [4.78, 5) is 26.2. The van der Waals surface area contributed by atoms with Crippen molar-refractivity contribution < 1.29 is 19.1 Å². The van der Waals surface area contributed by atoms with Crippen LogP contribution in [0, 0.1) is 5.92 Å². The molecular formula is C18H25NO4. The molecule has 1 saturated heterocycles. The number of amides is 1. The van der Waals surface area contributed by atoms with E-state index < -0.39 is 18.2 Å². The summed E-state index contributed by atoms with van der Waals surface area (Å²) in [5, 5.41) is 0. The highest BCUT2D eigenvalue weighted by atomic mass is 16.6. The summed E-state index contributed by atoms with van der Waals surface area (Å²) in [6, 6.07) is 8.90. The number of benzene rings is 1. The van der Waals surface area contributed by atoms with Gasteiger partial charge in [0.05, 0.1) is 13.2 Å². The molecule has 1 aromatic rings. The molecule has 0 radical (unpaired) electrons. The summed E-state index contributed by atoms with van der Waals surface area (Å²) in [7, 11) is 0. The van der Waals surface area contributed by atoms with E-state index in [1.807, 2.05) is 51.1 Å². The van der Waals surface area contributed by atoms with Crippen LogP contribution >= 0.6 is 0 Å². The maximum atomic E-state index is 12.5. The molecule has 5 heteroatoms. The molecule has 0 aliphatic carbocycles. The summed E-state index contributed by atoms with van der Waals surface area (Å²) in [6.07, 6.45) is 0.845. The lowest BCUT2D eigenvalue weighted by molar-refractivity contribution is -0.150. The van der Waals surface area contributed by atoms with Gasteiger partial charge < -0.3 is 9.47 Å². The zero-order chi connectivity index (χ0) is 16.8. The Balaban J connectivity index is 2.15. The number of carbonyl (C=O) groups excluding carboxylic acids is 2. The molecule has 2 rings (SSSR count). The van der Waals surface area contributed by atoms with Gasteiger partial charge in [0.15, 0.2) is 6.04 Å². The Hall–Kier alpha value is -2.04. The van der Waals surface area contributed by atoms with Crippen molar-refractivity contribution in [3.63, 3.8) is 0 Å². The molecule has 0 bridgehead atoms. The predicted molar refractivity (Wildman–Crippen MR) is 86.7 cm³/mol. The van der Waals surface area contributed by atoms with E-state index in [9.17, 15) is 9.59 Å². The Morgan fingerprint density at radius 1 is 1.30 bits per heavy atom. The fourth-order valence-electron chi connectivity index (χ4n) is 2.65. The summed E-state index contributed by atoms with van der Waals surface area (Å²) < 4.78 is 10.8. The maximum Gasteiger partial charge on any atom is 0.411 e. The third-order valence-electron chi connectivity index (χ3n) is 3.95. The SMILES string of the molecule is CCCCOC(=O)[C@H]1[C@H](C(C)C)OC(=O)N1Cc1ccccc1. The van der Waals surface area contributed by atoms with E-state index in [4.69, 9.17) is 9.47 Å². The fraction of sp³-hybridized carbons (Fsp3) is 0.556. The molecule has 1 fully saturated rings. The highest BCUT2D eigenvalue weighted by Crippen LogP contribution is 2.28. The average molecular weight is 319 g/mol. The van der Waals surface area contributed by atoms with Crippen LogP contribution < -0.4 is 0 Å². The van der Waals surface area contributed by atoms with Crippen molar-refractivity contribution in [1.82, 2.24) is 4.90 Å². The van der Waals surface area contributed by atoms with Crippen LogP contribution in [0.1, 0.15) is 39.2 Å². The standard InChI is InChI=1S/C18H25NO4/c1-4-5-11-22-17(20)15-16(13(2)3)23-18(21)19(15)12-14-9-7-6-8-10-14/h6-10,13,15-16H,4-5,11-12H2,1-3H3/t15-,16+/m1/s1. The van der Waals surface area contributed by atoms with Crippen molar-refractivity contribution in [2.45, 2.75) is 52.3 Å². The summed E-state index contributed by atoms with van der Waals surface area (Å²) in [6.45, 7) is 6.64. The first-order chi connectivity index (χ1) is 11.0. The maximum absolute atomic E-state index is 12.5. The Morgan fingerprint density at radius 2 is 2.00 bits per heavy atom. The Bertz CT molecular complexity index is 529. The highest BCUT2D eigenvalue weighted by Gasteiger charge is 2.48. The van der Waals surface area contributed by atoms with Gasteiger partial charge in [0, 0.05) is 0 Å². The van der Waals surface area contributed by atoms with Crippen LogP contribution in [-0.2, 0) is 20.8 Å². The molecule has 2 atom stereocenters. The first-order valence-electron chi connectivity index (χ1n) is 8.22. The molecule has 1 aliphatic heterocycles. The van der Waals surface area contributed by atoms with Gasteiger partial charge in [-0.2, -0.15) is 0 Å². The van der Waals surface area contributed by atoms with Gasteiger partial charge in [0.2, 0.25) is 0 Å². The molecule has 0 spiro atoms. The minimum absolute atomic E-state index is 0.0449. The van der Waals surface area contributed by atoms with Crippen LogP contribution in [0.5, 0.6) is 0 Å². The topological polar surface area (TPSA) is 55.8 Å². The van der Waals surface area contributed by atoms with E-state index in [1.165, 1.54) is 4.90 Å². The second kappa shape index (κ2) is 7.99. The fourth-order valence-corrected chi connectivity index (χ4v) is 2.65. The van der Waals surface area contributed by atoms with Gasteiger partial charge >= 0.3 is 12.1 Å². The first kappa shape index (κ1) is 17.3. The monoisotopic (exact) mass is 319 g/mol. The van der Waals surface area contributed by atoms with E-state index >= 15 is 0 Å². The van der Waals surface area contributed by atoms with Gasteiger partial charge in [-0.3, -0.25) is 4.90 Å². The largest absolute Gasteiger partial charge is 0.464 e. The van der Waals surface area contributed by atoms with Crippen molar-refractivity contribution >= 4 is 12.1 Å². The smallest absolute Gasteiger partial charge is 0.411 e. The van der Waals surface area contributed by atoms with Crippen molar-refractivity contribution in [2.24, 2.45) is 5.92 Å². The summed E-state index contributed by atoms with van der Waals surface area (Å²) >= 11 is 0. The molecule has 0 unspecified atom stereocenters. The number of hydrogen-bond donors (Lipinski definition) is 0. The summed E-state index contributed by atoms with van der Waals surface area (Å²) in [5.41, 5.74) is 0.959. The molecule has 23 heavy (non-hydrogen) atoms. The van der Waals surface area contributed by atoms with Gasteiger partial charge in [-0.25, -0.2) is 9.59 Å². The van der Waals surface area contributed by atoms with Gasteiger partial charge in [-0.05, 0) is 17.9 Å². The van der Waals surface area contributed by atoms with Crippen molar-refractivity contribution in [1.29, 1.82) is 0 Å². The van der Waals surface area contributed by atoms with E-state index in [0.29, 0.717) is 13.2 Å². The van der Waals surface area contributed by atoms with Crippen LogP contribution in [0.4, 0.5) is 4.79 Å². The minimum atomic E-state index is -0.681. The normalized spacial score (nSPS) is 20.7. The lowest BCUT2D eigenvalue weighted by atomic mass is 9.99. The lowest BCUT2D eigenvalue weighted by Crippen LogP contribution is -2.45. The van der Waals surface area contributed by atoms with E-state index in [-0.39, 0.29) is 11.9 Å². The number of carbonyl (C=O) groups is 2. The molecular weight excluding hydrogens is 294 g/mol. The molecule has 0 saturated carbocycles. The van der Waals surface area contributed by atoms with Gasteiger partial charge in [0.1, 0.15) is 6.10 Å². The average Bonchev–Trinajstić information content (AvgIpc) is 2.86. The molecule has 1 amide bonds. The first-order valence-corrected chi connectivity index (χ1v) is 8.22. The van der Waals surface area contributed by atoms with Crippen LogP contribution in [0.25, 0.3) is 0 Å². The molecule has 0 N–H and O–H groups in total. The molecule has 1 aliphatic rings. The quantitative estimate of drug-likeness (QED) is 0.571. The number of unbranched alkanes of at least 4 members (excludes halogenated alkanes) is 1. The summed E-state index contributed by atoms with van der Waals surface area (Å²) in [5.74, 6) is -0.331. The Labute approximate surface area is 137 Å². The van der Waals surface area contributed by atoms with Crippen molar-refractivity contribution in [3.05, 3.63) is 35.9 Å². The molecule has 5 nitrogen and oxygen atoms in total. The third-order valence-corrected chi connectivity index (χ3v) is 3.95. The predicted octanol–water partition coefficient (Wildman–Crippen LogP) is 3.38. The van der Waals surface area contributed by atoms with Gasteiger partial charge in [-0.1, -0.05) is 57.5 Å². The lowest BCUT2D eigenvalue weighted by Gasteiger charge is -2.24. The number of ether oxygens (including phenoxy) is 2. The Morgan fingerprint density at radius 3 is 2.61 bits per heavy atom. The van der Waals surface area contributed by atoms with E-state index in [1.54, 1.807) is 0 Å². The van der Waals surface area contributed by atoms with Crippen molar-refractivity contribution in [3.8, 4) is 0 Å². The van der Waals surface area contributed by atoms with Crippen LogP contribution in [0.3, 0.4) is 0 Å². The Kier molecular flexibility index (Phi) is 6.02. The van der Waals surface area contributed by atoms with Crippen molar-refractivity contribution in [2.75, 3.05) is 6.61 Å². The number of cyclic esters (lactones) is 1. The van der Waals surface area contributed by atoms with Crippen LogP contribution in [-0.4, -0.2) is 35.7 Å². The molecule has 0 aromatic heterocycles. The number of rotatable bonds is 7. The molecule has 1 heterocycles. The van der Waals surface area contributed by atoms with E-state index in [2.05, 4.69) is 0 Å². The second-order valence-electron chi connectivity index (χ2n) is 6.17. The second-order valence-corrected chi connectivity index (χ2v) is 6.17. The van der Waals surface area contributed by atoms with Crippen LogP contribution in [0.15, 0.2) is 30.3 Å². The molecule has 126 valence electrons. The zero-order valence-electron chi connectivity index (χ0n) is 14.0.